The van der Waals surface area contributed by atoms with Gasteiger partial charge in [0.05, 0.1) is 5.41 Å². The summed E-state index contributed by atoms with van der Waals surface area (Å²) in [5.74, 6) is -6.57. The molecule has 0 amide bonds. The SMILES string of the molecule is CCCCCCCCCC(CCCC(F)(F)C(F)(F)F)(C(=O)O)C1c2ccc(O)cc2SCC1(C)c1ccc(O)cc1. The quantitative estimate of drug-likeness (QED) is 0.137. The zero-order valence-corrected chi connectivity index (χ0v) is 25.0. The van der Waals surface area contributed by atoms with Gasteiger partial charge in [-0.15, -0.1) is 11.8 Å². The molecule has 10 heteroatoms. The number of rotatable bonds is 15. The van der Waals surface area contributed by atoms with Gasteiger partial charge in [0.15, 0.2) is 0 Å². The number of aromatic hydroxyl groups is 2. The summed E-state index contributed by atoms with van der Waals surface area (Å²) in [6, 6.07) is 11.0. The topological polar surface area (TPSA) is 77.8 Å². The first kappa shape index (κ1) is 34.0. The molecule has 3 N–H and O–H groups in total. The van der Waals surface area contributed by atoms with E-state index in [-0.39, 0.29) is 24.3 Å². The van der Waals surface area contributed by atoms with E-state index in [0.717, 1.165) is 44.1 Å². The number of carboxylic acid groups (broad SMARTS) is 1. The number of hydrogen-bond donors (Lipinski definition) is 3. The molecule has 3 unspecified atom stereocenters. The molecule has 0 fully saturated rings. The normalized spacial score (nSPS) is 20.6. The number of alkyl halides is 5. The van der Waals surface area contributed by atoms with E-state index in [0.29, 0.717) is 22.6 Å². The number of benzene rings is 2. The van der Waals surface area contributed by atoms with E-state index in [4.69, 9.17) is 0 Å². The monoisotopic (exact) mass is 616 g/mol. The molecule has 1 heterocycles. The van der Waals surface area contributed by atoms with Crippen molar-refractivity contribution in [2.45, 2.75) is 113 Å². The standard InChI is InChI=1S/C32H41F5O4S/c1-3-4-5-6-7-8-9-17-30(28(40)41,18-10-19-31(33,34)32(35,36)37)27-25-16-15-24(39)20-26(25)42-21-29(27,2)22-11-13-23(38)14-12-22/h11-16,20,27,38-39H,3-10,17-19,21H2,1-2H3,(H,40,41). The fourth-order valence-electron chi connectivity index (χ4n) is 6.46. The summed E-state index contributed by atoms with van der Waals surface area (Å²) in [5, 5.41) is 31.1. The molecular formula is C32H41F5O4S. The maximum absolute atomic E-state index is 14.0. The van der Waals surface area contributed by atoms with Crippen LogP contribution < -0.4 is 0 Å². The minimum absolute atomic E-state index is 0.00828. The Morgan fingerprint density at radius 2 is 1.43 bits per heavy atom. The number of carboxylic acids is 1. The van der Waals surface area contributed by atoms with Gasteiger partial charge in [-0.05, 0) is 54.7 Å². The van der Waals surface area contributed by atoms with Crippen LogP contribution in [0.25, 0.3) is 0 Å². The van der Waals surface area contributed by atoms with Crippen LogP contribution >= 0.6 is 11.8 Å². The molecular weight excluding hydrogens is 575 g/mol. The van der Waals surface area contributed by atoms with Crippen LogP contribution in [0.15, 0.2) is 47.4 Å². The molecule has 2 aromatic rings. The lowest BCUT2D eigenvalue weighted by Crippen LogP contribution is -2.50. The molecule has 4 nitrogen and oxygen atoms in total. The maximum Gasteiger partial charge on any atom is 0.453 e. The fourth-order valence-corrected chi connectivity index (χ4v) is 7.80. The number of halogens is 5. The van der Waals surface area contributed by atoms with Crippen molar-refractivity contribution in [1.82, 2.24) is 0 Å². The van der Waals surface area contributed by atoms with Crippen LogP contribution in [0.2, 0.25) is 0 Å². The zero-order chi connectivity index (χ0) is 31.2. The van der Waals surface area contributed by atoms with Gasteiger partial charge >= 0.3 is 18.1 Å². The third kappa shape index (κ3) is 7.53. The summed E-state index contributed by atoms with van der Waals surface area (Å²) in [7, 11) is 0. The number of thioether (sulfide) groups is 1. The lowest BCUT2D eigenvalue weighted by atomic mass is 9.55. The van der Waals surface area contributed by atoms with Crippen LogP contribution in [0.4, 0.5) is 22.0 Å². The Morgan fingerprint density at radius 1 is 0.857 bits per heavy atom. The molecule has 1 aliphatic rings. The lowest BCUT2D eigenvalue weighted by molar-refractivity contribution is -0.285. The highest BCUT2D eigenvalue weighted by Gasteiger charge is 2.59. The summed E-state index contributed by atoms with van der Waals surface area (Å²) in [4.78, 5) is 14.1. The van der Waals surface area contributed by atoms with Gasteiger partial charge < -0.3 is 15.3 Å². The number of phenolic OH excluding ortho intramolecular Hbond substituents is 2. The van der Waals surface area contributed by atoms with Crippen molar-refractivity contribution in [2.24, 2.45) is 5.41 Å². The van der Waals surface area contributed by atoms with E-state index in [1.165, 1.54) is 30.0 Å². The number of fused-ring (bicyclic) bond motifs is 1. The van der Waals surface area contributed by atoms with E-state index in [1.807, 2.05) is 6.92 Å². The number of hydrogen-bond acceptors (Lipinski definition) is 4. The Balaban J connectivity index is 2.10. The molecule has 0 saturated carbocycles. The average Bonchev–Trinajstić information content (AvgIpc) is 2.91. The van der Waals surface area contributed by atoms with Crippen molar-refractivity contribution >= 4 is 17.7 Å². The molecule has 2 aromatic carbocycles. The first-order valence-electron chi connectivity index (χ1n) is 14.6. The molecule has 42 heavy (non-hydrogen) atoms. The van der Waals surface area contributed by atoms with Gasteiger partial charge in [0, 0.05) is 28.4 Å². The van der Waals surface area contributed by atoms with Gasteiger partial charge in [-0.1, -0.05) is 77.0 Å². The molecule has 1 aliphatic heterocycles. The molecule has 0 saturated heterocycles. The Hall–Kier alpha value is -2.49. The van der Waals surface area contributed by atoms with E-state index in [1.54, 1.807) is 24.3 Å². The third-order valence-corrected chi connectivity index (χ3v) is 10.1. The van der Waals surface area contributed by atoms with Gasteiger partial charge in [0.2, 0.25) is 0 Å². The molecule has 0 bridgehead atoms. The van der Waals surface area contributed by atoms with Crippen LogP contribution in [-0.2, 0) is 10.2 Å². The Labute approximate surface area is 248 Å². The maximum atomic E-state index is 14.0. The minimum atomic E-state index is -5.72. The molecule has 0 aromatic heterocycles. The van der Waals surface area contributed by atoms with Crippen LogP contribution in [0.5, 0.6) is 11.5 Å². The Bertz CT molecular complexity index is 1190. The number of unbranched alkanes of at least 4 members (excludes halogenated alkanes) is 6. The Kier molecular flexibility index (Phi) is 11.2. The van der Waals surface area contributed by atoms with Gasteiger partial charge in [-0.25, -0.2) is 0 Å². The first-order chi connectivity index (χ1) is 19.7. The van der Waals surface area contributed by atoms with Crippen molar-refractivity contribution in [1.29, 1.82) is 0 Å². The highest BCUT2D eigenvalue weighted by molar-refractivity contribution is 7.99. The molecule has 0 aliphatic carbocycles. The summed E-state index contributed by atoms with van der Waals surface area (Å²) < 4.78 is 67.2. The summed E-state index contributed by atoms with van der Waals surface area (Å²) in [5.41, 5.74) is -1.20. The number of carbonyl (C=O) groups is 1. The summed E-state index contributed by atoms with van der Waals surface area (Å²) >= 11 is 1.43. The van der Waals surface area contributed by atoms with Gasteiger partial charge in [-0.2, -0.15) is 22.0 Å². The van der Waals surface area contributed by atoms with Gasteiger partial charge in [0.1, 0.15) is 11.5 Å². The van der Waals surface area contributed by atoms with E-state index >= 15 is 0 Å². The predicted octanol–water partition coefficient (Wildman–Crippen LogP) is 9.82. The molecule has 0 radical (unpaired) electrons. The van der Waals surface area contributed by atoms with Crippen LogP contribution in [0.3, 0.4) is 0 Å². The highest BCUT2D eigenvalue weighted by atomic mass is 32.2. The summed E-state index contributed by atoms with van der Waals surface area (Å²) in [6.45, 7) is 3.99. The molecule has 234 valence electrons. The van der Waals surface area contributed by atoms with Crippen molar-refractivity contribution in [2.75, 3.05) is 5.75 Å². The fraction of sp³-hybridized carbons (Fsp3) is 0.594. The molecule has 0 spiro atoms. The molecule has 3 rings (SSSR count). The van der Waals surface area contributed by atoms with Crippen molar-refractivity contribution < 1.29 is 42.1 Å². The van der Waals surface area contributed by atoms with Crippen molar-refractivity contribution in [3.63, 3.8) is 0 Å². The van der Waals surface area contributed by atoms with E-state index in [2.05, 4.69) is 6.92 Å². The molecule has 3 atom stereocenters. The minimum Gasteiger partial charge on any atom is -0.508 e. The largest absolute Gasteiger partial charge is 0.508 e. The first-order valence-corrected chi connectivity index (χ1v) is 15.6. The van der Waals surface area contributed by atoms with Crippen LogP contribution in [-0.4, -0.2) is 39.1 Å². The van der Waals surface area contributed by atoms with Crippen molar-refractivity contribution in [3.05, 3.63) is 53.6 Å². The van der Waals surface area contributed by atoms with E-state index < -0.39 is 47.7 Å². The lowest BCUT2D eigenvalue weighted by Gasteiger charge is -2.51. The highest BCUT2D eigenvalue weighted by Crippen LogP contribution is 2.60. The smallest absolute Gasteiger partial charge is 0.453 e. The van der Waals surface area contributed by atoms with Crippen molar-refractivity contribution in [3.8, 4) is 11.5 Å². The number of phenols is 2. The van der Waals surface area contributed by atoms with Crippen LogP contribution in [0, 0.1) is 5.41 Å². The number of aliphatic carboxylic acids is 1. The van der Waals surface area contributed by atoms with Gasteiger partial charge in [0.25, 0.3) is 0 Å². The second kappa shape index (κ2) is 13.9. The third-order valence-electron chi connectivity index (χ3n) is 8.73. The second-order valence-corrected chi connectivity index (χ2v) is 12.8. The Morgan fingerprint density at radius 3 is 2.02 bits per heavy atom. The summed E-state index contributed by atoms with van der Waals surface area (Å²) in [6.07, 6.45) is -1.80. The zero-order valence-electron chi connectivity index (χ0n) is 24.2. The predicted molar refractivity (Wildman–Crippen MR) is 155 cm³/mol. The van der Waals surface area contributed by atoms with Crippen LogP contribution in [0.1, 0.15) is 102 Å². The van der Waals surface area contributed by atoms with Gasteiger partial charge in [-0.3, -0.25) is 4.79 Å². The van der Waals surface area contributed by atoms with E-state index in [9.17, 15) is 42.1 Å². The second-order valence-electron chi connectivity index (χ2n) is 11.8. The average molecular weight is 617 g/mol.